The van der Waals surface area contributed by atoms with E-state index in [1.54, 1.807) is 18.0 Å². The summed E-state index contributed by atoms with van der Waals surface area (Å²) in [4.78, 5) is 18.7. The fourth-order valence-corrected chi connectivity index (χ4v) is 3.11. The number of amides is 1. The van der Waals surface area contributed by atoms with Crippen LogP contribution in [0.25, 0.3) is 0 Å². The van der Waals surface area contributed by atoms with Crippen LogP contribution in [-0.4, -0.2) is 50.3 Å². The van der Waals surface area contributed by atoms with Gasteiger partial charge in [-0.15, -0.1) is 0 Å². The van der Waals surface area contributed by atoms with Gasteiger partial charge in [-0.2, -0.15) is 0 Å². The summed E-state index contributed by atoms with van der Waals surface area (Å²) in [5.41, 5.74) is -0.962. The zero-order valence-corrected chi connectivity index (χ0v) is 14.8. The van der Waals surface area contributed by atoms with Gasteiger partial charge in [-0.25, -0.2) is 4.98 Å². The van der Waals surface area contributed by atoms with E-state index in [2.05, 4.69) is 4.98 Å². The van der Waals surface area contributed by atoms with Gasteiger partial charge in [0, 0.05) is 25.4 Å². The second-order valence-corrected chi connectivity index (χ2v) is 6.69. The molecule has 2 aromatic rings. The molecule has 1 amide bonds. The number of imidazole rings is 1. The number of benzene rings is 1. The highest BCUT2D eigenvalue weighted by Gasteiger charge is 2.40. The summed E-state index contributed by atoms with van der Waals surface area (Å²) in [6.45, 7) is 4.95. The van der Waals surface area contributed by atoms with Crippen LogP contribution in [0.5, 0.6) is 5.75 Å². The van der Waals surface area contributed by atoms with Gasteiger partial charge in [0.15, 0.2) is 0 Å². The fourth-order valence-electron chi connectivity index (χ4n) is 3.11. The first-order chi connectivity index (χ1) is 12.0. The normalized spacial score (nSPS) is 23.5. The minimum atomic E-state index is -0.962. The molecule has 0 saturated carbocycles. The number of piperidine rings is 1. The third-order valence-electron chi connectivity index (χ3n) is 4.77. The molecule has 1 N–H and O–H groups in total. The average Bonchev–Trinajstić information content (AvgIpc) is 3.04. The highest BCUT2D eigenvalue weighted by atomic mass is 16.5. The SMILES string of the molecule is CCc1nccn1CC(=O)N1CC[C@@](C)(O)[C@H](Oc2ccccc2)C1. The molecular weight excluding hydrogens is 318 g/mol. The molecule has 1 saturated heterocycles. The monoisotopic (exact) mass is 343 g/mol. The van der Waals surface area contributed by atoms with E-state index in [1.807, 2.05) is 48.0 Å². The lowest BCUT2D eigenvalue weighted by Gasteiger charge is -2.42. The van der Waals surface area contributed by atoms with Gasteiger partial charge in [0.05, 0.1) is 6.54 Å². The number of hydrogen-bond acceptors (Lipinski definition) is 4. The summed E-state index contributed by atoms with van der Waals surface area (Å²) in [5.74, 6) is 1.62. The van der Waals surface area contributed by atoms with Crippen LogP contribution in [0, 0.1) is 0 Å². The lowest BCUT2D eigenvalue weighted by Crippen LogP contribution is -2.58. The number of rotatable bonds is 5. The first kappa shape index (κ1) is 17.5. The van der Waals surface area contributed by atoms with Crippen molar-refractivity contribution in [3.8, 4) is 5.75 Å². The Morgan fingerprint density at radius 1 is 1.40 bits per heavy atom. The summed E-state index contributed by atoms with van der Waals surface area (Å²) in [6.07, 6.45) is 4.36. The van der Waals surface area contributed by atoms with Crippen molar-refractivity contribution in [2.45, 2.75) is 44.9 Å². The van der Waals surface area contributed by atoms with Crippen LogP contribution in [0.2, 0.25) is 0 Å². The molecule has 2 atom stereocenters. The van der Waals surface area contributed by atoms with E-state index in [-0.39, 0.29) is 12.5 Å². The summed E-state index contributed by atoms with van der Waals surface area (Å²) < 4.78 is 7.85. The predicted molar refractivity (Wildman–Crippen MR) is 94.3 cm³/mol. The summed E-state index contributed by atoms with van der Waals surface area (Å²) in [5, 5.41) is 10.7. The first-order valence-electron chi connectivity index (χ1n) is 8.71. The highest BCUT2D eigenvalue weighted by Crippen LogP contribution is 2.26. The minimum absolute atomic E-state index is 0.0184. The molecule has 3 rings (SSSR count). The van der Waals surface area contributed by atoms with E-state index in [0.717, 1.165) is 12.2 Å². The second kappa shape index (κ2) is 7.27. The third kappa shape index (κ3) is 4.02. The fraction of sp³-hybridized carbons (Fsp3) is 0.474. The Balaban J connectivity index is 1.68. The maximum Gasteiger partial charge on any atom is 0.242 e. The Bertz CT molecular complexity index is 712. The van der Waals surface area contributed by atoms with Crippen LogP contribution in [0.3, 0.4) is 0 Å². The van der Waals surface area contributed by atoms with Gasteiger partial charge in [-0.3, -0.25) is 4.79 Å². The molecular formula is C19H25N3O3. The van der Waals surface area contributed by atoms with Crippen LogP contribution < -0.4 is 4.74 Å². The number of hydrogen-bond donors (Lipinski definition) is 1. The molecule has 6 nitrogen and oxygen atoms in total. The lowest BCUT2D eigenvalue weighted by atomic mass is 9.90. The van der Waals surface area contributed by atoms with Crippen molar-refractivity contribution in [3.63, 3.8) is 0 Å². The maximum atomic E-state index is 12.7. The van der Waals surface area contributed by atoms with Crippen molar-refractivity contribution >= 4 is 5.91 Å². The van der Waals surface area contributed by atoms with E-state index in [1.165, 1.54) is 0 Å². The number of carbonyl (C=O) groups is 1. The van der Waals surface area contributed by atoms with Gasteiger partial charge in [0.25, 0.3) is 0 Å². The highest BCUT2D eigenvalue weighted by molar-refractivity contribution is 5.76. The Morgan fingerprint density at radius 2 is 2.16 bits per heavy atom. The van der Waals surface area contributed by atoms with Gasteiger partial charge in [-0.1, -0.05) is 25.1 Å². The molecule has 1 aromatic heterocycles. The number of nitrogens with zero attached hydrogens (tertiary/aromatic N) is 3. The smallest absolute Gasteiger partial charge is 0.242 e. The van der Waals surface area contributed by atoms with E-state index >= 15 is 0 Å². The van der Waals surface area contributed by atoms with Gasteiger partial charge in [0.2, 0.25) is 5.91 Å². The maximum absolute atomic E-state index is 12.7. The van der Waals surface area contributed by atoms with Gasteiger partial charge in [0.1, 0.15) is 29.8 Å². The molecule has 1 aromatic carbocycles. The van der Waals surface area contributed by atoms with Crippen LogP contribution in [-0.2, 0) is 17.8 Å². The summed E-state index contributed by atoms with van der Waals surface area (Å²) in [7, 11) is 0. The molecule has 1 fully saturated rings. The van der Waals surface area contributed by atoms with Crippen molar-refractivity contribution in [3.05, 3.63) is 48.5 Å². The first-order valence-corrected chi connectivity index (χ1v) is 8.71. The number of aryl methyl sites for hydroxylation is 1. The molecule has 0 spiro atoms. The van der Waals surface area contributed by atoms with E-state index in [0.29, 0.717) is 25.3 Å². The molecule has 0 unspecified atom stereocenters. The zero-order chi connectivity index (χ0) is 17.9. The Morgan fingerprint density at radius 3 is 2.88 bits per heavy atom. The topological polar surface area (TPSA) is 67.6 Å². The zero-order valence-electron chi connectivity index (χ0n) is 14.8. The molecule has 25 heavy (non-hydrogen) atoms. The predicted octanol–water partition coefficient (Wildman–Crippen LogP) is 1.88. The van der Waals surface area contributed by atoms with Crippen molar-refractivity contribution in [1.82, 2.24) is 14.5 Å². The molecule has 0 bridgehead atoms. The van der Waals surface area contributed by atoms with Crippen LogP contribution >= 0.6 is 0 Å². The van der Waals surface area contributed by atoms with Gasteiger partial charge in [-0.05, 0) is 25.5 Å². The lowest BCUT2D eigenvalue weighted by molar-refractivity contribution is -0.144. The standard InChI is InChI=1S/C19H25N3O3/c1-3-17-20-10-12-21(17)14-18(23)22-11-9-19(2,24)16(13-22)25-15-7-5-4-6-8-15/h4-8,10,12,16,24H,3,9,11,13-14H2,1-2H3/t16-,19-/m1/s1. The molecule has 1 aliphatic rings. The van der Waals surface area contributed by atoms with Gasteiger partial charge >= 0.3 is 0 Å². The number of aromatic nitrogens is 2. The van der Waals surface area contributed by atoms with E-state index in [4.69, 9.17) is 4.74 Å². The second-order valence-electron chi connectivity index (χ2n) is 6.69. The van der Waals surface area contributed by atoms with Gasteiger partial charge < -0.3 is 19.3 Å². The van der Waals surface area contributed by atoms with Crippen LogP contribution in [0.1, 0.15) is 26.1 Å². The molecule has 0 aliphatic carbocycles. The largest absolute Gasteiger partial charge is 0.486 e. The third-order valence-corrected chi connectivity index (χ3v) is 4.77. The minimum Gasteiger partial charge on any atom is -0.486 e. The number of para-hydroxylation sites is 1. The molecule has 0 radical (unpaired) electrons. The molecule has 6 heteroatoms. The average molecular weight is 343 g/mol. The van der Waals surface area contributed by atoms with E-state index < -0.39 is 11.7 Å². The number of likely N-dealkylation sites (tertiary alicyclic amines) is 1. The van der Waals surface area contributed by atoms with Crippen molar-refractivity contribution < 1.29 is 14.6 Å². The van der Waals surface area contributed by atoms with Crippen molar-refractivity contribution in [2.75, 3.05) is 13.1 Å². The van der Waals surface area contributed by atoms with Crippen LogP contribution in [0.15, 0.2) is 42.7 Å². The van der Waals surface area contributed by atoms with Crippen LogP contribution in [0.4, 0.5) is 0 Å². The number of aliphatic hydroxyl groups is 1. The summed E-state index contributed by atoms with van der Waals surface area (Å²) >= 11 is 0. The molecule has 1 aliphatic heterocycles. The molecule has 134 valence electrons. The number of ether oxygens (including phenoxy) is 1. The molecule has 2 heterocycles. The van der Waals surface area contributed by atoms with E-state index in [9.17, 15) is 9.90 Å². The summed E-state index contributed by atoms with van der Waals surface area (Å²) in [6, 6.07) is 9.41. The Hall–Kier alpha value is -2.34. The number of carbonyl (C=O) groups excluding carboxylic acids is 1. The Labute approximate surface area is 148 Å². The van der Waals surface area contributed by atoms with Crippen molar-refractivity contribution in [2.24, 2.45) is 0 Å². The quantitative estimate of drug-likeness (QED) is 0.900. The Kier molecular flexibility index (Phi) is 5.08. The van der Waals surface area contributed by atoms with Crippen molar-refractivity contribution in [1.29, 1.82) is 0 Å².